The second-order valence-electron chi connectivity index (χ2n) is 2.62. The molecular weight excluding hydrogens is 295 g/mol. The van der Waals surface area contributed by atoms with Crippen LogP contribution in [-0.4, -0.2) is 13.1 Å². The third-order valence-corrected chi connectivity index (χ3v) is 2.13. The lowest BCUT2D eigenvalue weighted by Gasteiger charge is -2.04. The first kappa shape index (κ1) is 11.1. The summed E-state index contributed by atoms with van der Waals surface area (Å²) in [7, 11) is 1.86. The van der Waals surface area contributed by atoms with Crippen LogP contribution in [0.3, 0.4) is 0 Å². The molecule has 2 N–H and O–H groups in total. The maximum absolute atomic E-state index is 10.8. The van der Waals surface area contributed by atoms with Gasteiger partial charge in [-0.3, -0.25) is 3.53 Å². The fourth-order valence-electron chi connectivity index (χ4n) is 0.944. The molecule has 0 atom stereocenters. The molecule has 0 unspecified atom stereocenters. The van der Waals surface area contributed by atoms with Gasteiger partial charge in [-0.1, -0.05) is 12.1 Å². The highest BCUT2D eigenvalue weighted by molar-refractivity contribution is 14.1. The number of anilines is 1. The average molecular weight is 306 g/mol. The zero-order chi connectivity index (χ0) is 10.4. The Kier molecular flexibility index (Phi) is 4.51. The van der Waals surface area contributed by atoms with Gasteiger partial charge in [0, 0.05) is 12.7 Å². The summed E-state index contributed by atoms with van der Waals surface area (Å²) in [6, 6.07) is 7.68. The monoisotopic (exact) mass is 306 g/mol. The van der Waals surface area contributed by atoms with Crippen molar-refractivity contribution in [3.05, 3.63) is 29.8 Å². The van der Waals surface area contributed by atoms with E-state index in [1.54, 1.807) is 22.9 Å². The Labute approximate surface area is 96.5 Å². The van der Waals surface area contributed by atoms with Gasteiger partial charge < -0.3 is 10.1 Å². The highest BCUT2D eigenvalue weighted by Gasteiger charge is 1.99. The molecule has 1 aromatic carbocycles. The average Bonchev–Trinajstić information content (AvgIpc) is 2.26. The molecule has 1 amide bonds. The van der Waals surface area contributed by atoms with E-state index >= 15 is 0 Å². The quantitative estimate of drug-likeness (QED) is 0.665. The van der Waals surface area contributed by atoms with Crippen molar-refractivity contribution in [1.82, 2.24) is 3.53 Å². The number of benzene rings is 1. The van der Waals surface area contributed by atoms with Crippen LogP contribution in [0.15, 0.2) is 24.3 Å². The van der Waals surface area contributed by atoms with Gasteiger partial charge in [0.15, 0.2) is 0 Å². The van der Waals surface area contributed by atoms with E-state index in [1.165, 1.54) is 0 Å². The standard InChI is InChI=1S/C9H11IN2O2/c1-11-8-4-2-7(3-5-8)6-14-9(13)12-10/h2-5,11H,6H2,1H3,(H,12,13). The number of nitrogens with one attached hydrogen (secondary N) is 2. The van der Waals surface area contributed by atoms with Crippen molar-refractivity contribution in [2.45, 2.75) is 6.61 Å². The first-order valence-corrected chi connectivity index (χ1v) is 5.14. The summed E-state index contributed by atoms with van der Waals surface area (Å²) in [5.74, 6) is 0. The first-order valence-electron chi connectivity index (χ1n) is 4.06. The summed E-state index contributed by atoms with van der Waals surface area (Å²) < 4.78 is 7.23. The molecule has 0 radical (unpaired) electrons. The largest absolute Gasteiger partial charge is 0.444 e. The molecule has 0 aliphatic heterocycles. The van der Waals surface area contributed by atoms with E-state index in [0.29, 0.717) is 6.61 Å². The second-order valence-corrected chi connectivity index (χ2v) is 3.16. The molecule has 0 aromatic heterocycles. The van der Waals surface area contributed by atoms with E-state index in [2.05, 4.69) is 8.85 Å². The molecule has 76 valence electrons. The van der Waals surface area contributed by atoms with Crippen molar-refractivity contribution in [2.24, 2.45) is 0 Å². The molecule has 14 heavy (non-hydrogen) atoms. The van der Waals surface area contributed by atoms with Gasteiger partial charge in [0.2, 0.25) is 0 Å². The van der Waals surface area contributed by atoms with E-state index in [4.69, 9.17) is 4.74 Å². The molecule has 0 aliphatic rings. The second kappa shape index (κ2) is 5.69. The van der Waals surface area contributed by atoms with Crippen LogP contribution in [0.2, 0.25) is 0 Å². The number of ether oxygens (including phenoxy) is 1. The third-order valence-electron chi connectivity index (χ3n) is 1.69. The molecule has 0 saturated heterocycles. The number of amides is 1. The van der Waals surface area contributed by atoms with Crippen molar-refractivity contribution in [3.8, 4) is 0 Å². The van der Waals surface area contributed by atoms with Crippen LogP contribution in [0.25, 0.3) is 0 Å². The Morgan fingerprint density at radius 3 is 2.57 bits per heavy atom. The Hall–Kier alpha value is -0.980. The van der Waals surface area contributed by atoms with Gasteiger partial charge in [0.25, 0.3) is 0 Å². The first-order chi connectivity index (χ1) is 6.76. The predicted molar refractivity (Wildman–Crippen MR) is 63.3 cm³/mol. The van der Waals surface area contributed by atoms with Gasteiger partial charge in [0.05, 0.1) is 22.9 Å². The zero-order valence-corrected chi connectivity index (χ0v) is 9.87. The molecule has 0 bridgehead atoms. The Morgan fingerprint density at radius 1 is 1.43 bits per heavy atom. The lowest BCUT2D eigenvalue weighted by molar-refractivity contribution is 0.148. The normalized spacial score (nSPS) is 9.29. The number of halogens is 1. The van der Waals surface area contributed by atoms with E-state index < -0.39 is 6.09 Å². The van der Waals surface area contributed by atoms with Gasteiger partial charge in [-0.25, -0.2) is 4.79 Å². The minimum absolute atomic E-state index is 0.291. The maximum atomic E-state index is 10.8. The molecule has 0 fully saturated rings. The minimum Gasteiger partial charge on any atom is -0.444 e. The lowest BCUT2D eigenvalue weighted by atomic mass is 10.2. The summed E-state index contributed by atoms with van der Waals surface area (Å²) >= 11 is 1.73. The smallest absolute Gasteiger partial charge is 0.416 e. The summed E-state index contributed by atoms with van der Waals surface area (Å²) in [4.78, 5) is 10.8. The van der Waals surface area contributed by atoms with Crippen molar-refractivity contribution in [1.29, 1.82) is 0 Å². The SMILES string of the molecule is CNc1ccc(COC(=O)NI)cc1. The highest BCUT2D eigenvalue weighted by Crippen LogP contribution is 2.09. The van der Waals surface area contributed by atoms with Crippen molar-refractivity contribution in [3.63, 3.8) is 0 Å². The number of hydrogen-bond donors (Lipinski definition) is 2. The molecule has 5 heteroatoms. The van der Waals surface area contributed by atoms with Crippen molar-refractivity contribution in [2.75, 3.05) is 12.4 Å². The molecule has 1 rings (SSSR count). The Balaban J connectivity index is 2.47. The molecule has 4 nitrogen and oxygen atoms in total. The lowest BCUT2D eigenvalue weighted by Crippen LogP contribution is -2.13. The van der Waals surface area contributed by atoms with Crippen LogP contribution in [0, 0.1) is 0 Å². The minimum atomic E-state index is -0.428. The Bertz CT molecular complexity index is 300. The van der Waals surface area contributed by atoms with E-state index in [0.717, 1.165) is 11.3 Å². The number of carbonyl (C=O) groups is 1. The summed E-state index contributed by atoms with van der Waals surface area (Å²) in [5.41, 5.74) is 2.00. The van der Waals surface area contributed by atoms with Crippen molar-refractivity contribution < 1.29 is 9.53 Å². The highest BCUT2D eigenvalue weighted by atomic mass is 127. The fraction of sp³-hybridized carbons (Fsp3) is 0.222. The van der Waals surface area contributed by atoms with E-state index in [9.17, 15) is 4.79 Å². The summed E-state index contributed by atoms with van der Waals surface area (Å²) in [6.07, 6.45) is -0.428. The Morgan fingerprint density at radius 2 is 2.07 bits per heavy atom. The predicted octanol–water partition coefficient (Wildman–Crippen LogP) is 2.30. The molecule has 0 aliphatic carbocycles. The van der Waals surface area contributed by atoms with Gasteiger partial charge in [0.1, 0.15) is 6.61 Å². The third kappa shape index (κ3) is 3.41. The van der Waals surface area contributed by atoms with E-state index in [-0.39, 0.29) is 0 Å². The van der Waals surface area contributed by atoms with Gasteiger partial charge in [-0.05, 0) is 17.7 Å². The van der Waals surface area contributed by atoms with Gasteiger partial charge >= 0.3 is 6.09 Å². The van der Waals surface area contributed by atoms with Gasteiger partial charge in [-0.15, -0.1) is 0 Å². The topological polar surface area (TPSA) is 50.4 Å². The number of rotatable bonds is 3. The number of hydrogen-bond acceptors (Lipinski definition) is 3. The van der Waals surface area contributed by atoms with Gasteiger partial charge in [-0.2, -0.15) is 0 Å². The van der Waals surface area contributed by atoms with E-state index in [1.807, 2.05) is 31.3 Å². The summed E-state index contributed by atoms with van der Waals surface area (Å²) in [6.45, 7) is 0.291. The molecule has 0 saturated carbocycles. The molecule has 0 heterocycles. The molecular formula is C9H11IN2O2. The number of carbonyl (C=O) groups excluding carboxylic acids is 1. The van der Waals surface area contributed by atoms with Crippen LogP contribution in [0.1, 0.15) is 5.56 Å². The maximum Gasteiger partial charge on any atom is 0.416 e. The summed E-state index contributed by atoms with van der Waals surface area (Å²) in [5, 5.41) is 3.01. The molecule has 1 aromatic rings. The molecule has 0 spiro atoms. The van der Waals surface area contributed by atoms with Crippen LogP contribution >= 0.6 is 22.9 Å². The van der Waals surface area contributed by atoms with Crippen LogP contribution < -0.4 is 8.85 Å². The van der Waals surface area contributed by atoms with Crippen LogP contribution in [0.5, 0.6) is 0 Å². The van der Waals surface area contributed by atoms with Crippen LogP contribution in [-0.2, 0) is 11.3 Å². The van der Waals surface area contributed by atoms with Crippen molar-refractivity contribution >= 4 is 34.6 Å². The fourth-order valence-corrected chi connectivity index (χ4v) is 1.10. The zero-order valence-electron chi connectivity index (χ0n) is 7.71. The van der Waals surface area contributed by atoms with Crippen LogP contribution in [0.4, 0.5) is 10.5 Å².